The molecule has 1 saturated heterocycles. The lowest BCUT2D eigenvalue weighted by molar-refractivity contribution is 0.0341. The number of hydrogen-bond donors (Lipinski definition) is 2. The van der Waals surface area contributed by atoms with Crippen LogP contribution in [0.1, 0.15) is 29.5 Å². The summed E-state index contributed by atoms with van der Waals surface area (Å²) in [6, 6.07) is 15.0. The fourth-order valence-electron chi connectivity index (χ4n) is 4.48. The number of nitrogens with one attached hydrogen (secondary N) is 2. The third kappa shape index (κ3) is 5.73. The summed E-state index contributed by atoms with van der Waals surface area (Å²) in [5.41, 5.74) is 4.11. The molecule has 33 heavy (non-hydrogen) atoms. The topological polar surface area (TPSA) is 67.4 Å². The fraction of sp³-hybridized carbons (Fsp3) is 0.480. The molecule has 3 aliphatic rings. The van der Waals surface area contributed by atoms with Gasteiger partial charge < -0.3 is 24.8 Å². The van der Waals surface area contributed by atoms with Gasteiger partial charge in [-0.1, -0.05) is 30.3 Å². The Kier molecular flexibility index (Phi) is 7.98. The van der Waals surface area contributed by atoms with Crippen molar-refractivity contribution in [3.8, 4) is 11.5 Å². The van der Waals surface area contributed by atoms with Crippen LogP contribution in [0, 0.1) is 0 Å². The maximum atomic E-state index is 5.57. The molecule has 2 fully saturated rings. The molecule has 2 aromatic rings. The molecular weight excluding hydrogens is 531 g/mol. The molecule has 8 heteroatoms. The van der Waals surface area contributed by atoms with Crippen LogP contribution in [0.15, 0.2) is 47.5 Å². The van der Waals surface area contributed by atoms with E-state index in [-0.39, 0.29) is 29.4 Å². The minimum atomic E-state index is 0. The zero-order valence-corrected chi connectivity index (χ0v) is 21.5. The van der Waals surface area contributed by atoms with Crippen molar-refractivity contribution in [3.05, 3.63) is 59.2 Å². The van der Waals surface area contributed by atoms with Crippen LogP contribution in [0.25, 0.3) is 0 Å². The normalized spacial score (nSPS) is 19.0. The monoisotopic (exact) mass is 564 g/mol. The highest BCUT2D eigenvalue weighted by Crippen LogP contribution is 2.49. The SMILES string of the molecule is CN=C(NCc1ccccc1CN1CCOCC1)NCC1(c2ccc3c(c2)OCO3)CC1.I. The number of guanidine groups is 1. The molecule has 0 spiro atoms. The molecule has 2 aromatic carbocycles. The van der Waals surface area contributed by atoms with Crippen LogP contribution in [0.2, 0.25) is 0 Å². The second-order valence-electron chi connectivity index (χ2n) is 8.78. The highest BCUT2D eigenvalue weighted by atomic mass is 127. The lowest BCUT2D eigenvalue weighted by Crippen LogP contribution is -2.41. The predicted octanol–water partition coefficient (Wildman–Crippen LogP) is 3.26. The summed E-state index contributed by atoms with van der Waals surface area (Å²) in [6.07, 6.45) is 2.33. The molecule has 2 N–H and O–H groups in total. The van der Waals surface area contributed by atoms with E-state index in [0.29, 0.717) is 6.79 Å². The molecule has 0 amide bonds. The minimum Gasteiger partial charge on any atom is -0.454 e. The summed E-state index contributed by atoms with van der Waals surface area (Å²) in [4.78, 5) is 6.91. The number of ether oxygens (including phenoxy) is 3. The van der Waals surface area contributed by atoms with Crippen molar-refractivity contribution >= 4 is 29.9 Å². The van der Waals surface area contributed by atoms with Crippen molar-refractivity contribution in [2.24, 2.45) is 4.99 Å². The van der Waals surface area contributed by atoms with E-state index < -0.39 is 0 Å². The van der Waals surface area contributed by atoms with Gasteiger partial charge in [-0.2, -0.15) is 0 Å². The highest BCUT2D eigenvalue weighted by Gasteiger charge is 2.44. The third-order valence-corrected chi connectivity index (χ3v) is 6.72. The number of halogens is 1. The summed E-state index contributed by atoms with van der Waals surface area (Å²) >= 11 is 0. The van der Waals surface area contributed by atoms with Gasteiger partial charge in [-0.3, -0.25) is 9.89 Å². The Morgan fingerprint density at radius 2 is 1.76 bits per heavy atom. The molecule has 1 aliphatic carbocycles. The van der Waals surface area contributed by atoms with Crippen molar-refractivity contribution in [3.63, 3.8) is 0 Å². The maximum absolute atomic E-state index is 5.57. The molecule has 2 aliphatic heterocycles. The summed E-state index contributed by atoms with van der Waals surface area (Å²) in [5, 5.41) is 7.06. The minimum absolute atomic E-state index is 0. The van der Waals surface area contributed by atoms with Gasteiger partial charge in [0.2, 0.25) is 6.79 Å². The number of rotatable bonds is 7. The molecule has 0 unspecified atom stereocenters. The number of hydrogen-bond acceptors (Lipinski definition) is 5. The van der Waals surface area contributed by atoms with E-state index in [4.69, 9.17) is 14.2 Å². The van der Waals surface area contributed by atoms with Gasteiger partial charge in [0.25, 0.3) is 0 Å². The van der Waals surface area contributed by atoms with Crippen LogP contribution in [-0.2, 0) is 23.2 Å². The molecule has 0 bridgehead atoms. The summed E-state index contributed by atoms with van der Waals surface area (Å²) < 4.78 is 16.5. The number of morpholine rings is 1. The number of aliphatic imine (C=N–C) groups is 1. The molecule has 0 radical (unpaired) electrons. The lowest BCUT2D eigenvalue weighted by Gasteiger charge is -2.27. The van der Waals surface area contributed by atoms with Crippen molar-refractivity contribution < 1.29 is 14.2 Å². The Hall–Kier alpha value is -2.04. The van der Waals surface area contributed by atoms with Gasteiger partial charge in [-0.05, 0) is 41.7 Å². The molecular formula is C25H33IN4O3. The first-order valence-electron chi connectivity index (χ1n) is 11.5. The van der Waals surface area contributed by atoms with Gasteiger partial charge in [-0.25, -0.2) is 0 Å². The van der Waals surface area contributed by atoms with Crippen molar-refractivity contribution in [2.75, 3.05) is 46.7 Å². The average Bonchev–Trinajstić information content (AvgIpc) is 3.48. The van der Waals surface area contributed by atoms with Gasteiger partial charge in [-0.15, -0.1) is 24.0 Å². The first-order valence-corrected chi connectivity index (χ1v) is 11.5. The van der Waals surface area contributed by atoms with Gasteiger partial charge in [0.15, 0.2) is 17.5 Å². The van der Waals surface area contributed by atoms with Crippen LogP contribution in [0.3, 0.4) is 0 Å². The fourth-order valence-corrected chi connectivity index (χ4v) is 4.48. The Labute approximate surface area is 212 Å². The zero-order valence-electron chi connectivity index (χ0n) is 19.1. The Morgan fingerprint density at radius 3 is 2.52 bits per heavy atom. The first kappa shape index (κ1) is 24.1. The Morgan fingerprint density at radius 1 is 1.00 bits per heavy atom. The van der Waals surface area contributed by atoms with E-state index in [9.17, 15) is 0 Å². The zero-order chi connectivity index (χ0) is 21.8. The third-order valence-electron chi connectivity index (χ3n) is 6.72. The summed E-state index contributed by atoms with van der Waals surface area (Å²) in [5.74, 6) is 2.53. The molecule has 1 saturated carbocycles. The van der Waals surface area contributed by atoms with Gasteiger partial charge in [0.05, 0.1) is 13.2 Å². The summed E-state index contributed by atoms with van der Waals surface area (Å²) in [6.45, 7) is 6.50. The van der Waals surface area contributed by atoms with E-state index in [2.05, 4.69) is 56.9 Å². The second-order valence-corrected chi connectivity index (χ2v) is 8.78. The van der Waals surface area contributed by atoms with Crippen LogP contribution in [0.4, 0.5) is 0 Å². The maximum Gasteiger partial charge on any atom is 0.231 e. The quantitative estimate of drug-likeness (QED) is 0.306. The van der Waals surface area contributed by atoms with Gasteiger partial charge in [0, 0.05) is 45.2 Å². The van der Waals surface area contributed by atoms with E-state index in [0.717, 1.165) is 63.4 Å². The van der Waals surface area contributed by atoms with Crippen LogP contribution < -0.4 is 20.1 Å². The second kappa shape index (κ2) is 10.9. The smallest absolute Gasteiger partial charge is 0.231 e. The molecule has 2 heterocycles. The standard InChI is InChI=1S/C25H32N4O3.HI/c1-26-24(27-15-19-4-2-3-5-20(19)16-29-10-12-30-13-11-29)28-17-25(8-9-25)21-6-7-22-23(14-21)32-18-31-22;/h2-7,14H,8-13,15-18H2,1H3,(H2,26,27,28);1H. The van der Waals surface area contributed by atoms with Crippen LogP contribution in [0.5, 0.6) is 11.5 Å². The summed E-state index contributed by atoms with van der Waals surface area (Å²) in [7, 11) is 1.83. The van der Waals surface area contributed by atoms with E-state index in [1.165, 1.54) is 29.5 Å². The Bertz CT molecular complexity index is 974. The van der Waals surface area contributed by atoms with Crippen molar-refractivity contribution in [2.45, 2.75) is 31.3 Å². The lowest BCUT2D eigenvalue weighted by atomic mass is 9.95. The van der Waals surface area contributed by atoms with E-state index in [1.807, 2.05) is 13.1 Å². The van der Waals surface area contributed by atoms with Crippen LogP contribution >= 0.6 is 24.0 Å². The largest absolute Gasteiger partial charge is 0.454 e. The molecule has 178 valence electrons. The predicted molar refractivity (Wildman–Crippen MR) is 140 cm³/mol. The highest BCUT2D eigenvalue weighted by molar-refractivity contribution is 14.0. The first-order chi connectivity index (χ1) is 15.8. The van der Waals surface area contributed by atoms with Crippen molar-refractivity contribution in [1.82, 2.24) is 15.5 Å². The number of nitrogens with zero attached hydrogens (tertiary/aromatic N) is 2. The van der Waals surface area contributed by atoms with Crippen molar-refractivity contribution in [1.29, 1.82) is 0 Å². The number of benzene rings is 2. The molecule has 0 atom stereocenters. The molecule has 7 nitrogen and oxygen atoms in total. The van der Waals surface area contributed by atoms with E-state index >= 15 is 0 Å². The Balaban J connectivity index is 0.00000259. The van der Waals surface area contributed by atoms with E-state index in [1.54, 1.807) is 0 Å². The van der Waals surface area contributed by atoms with Crippen LogP contribution in [-0.4, -0.2) is 57.5 Å². The number of fused-ring (bicyclic) bond motifs is 1. The van der Waals surface area contributed by atoms with Gasteiger partial charge in [0.1, 0.15) is 0 Å². The molecule has 5 rings (SSSR count). The molecule has 0 aromatic heterocycles. The van der Waals surface area contributed by atoms with Gasteiger partial charge >= 0.3 is 0 Å². The average molecular weight is 564 g/mol.